The van der Waals surface area contributed by atoms with Gasteiger partial charge in [-0.05, 0) is 37.6 Å². The molecule has 0 saturated heterocycles. The largest absolute Gasteiger partial charge is 0.380 e. The van der Waals surface area contributed by atoms with Crippen LogP contribution in [0.3, 0.4) is 0 Å². The molecule has 6 heteroatoms. The Morgan fingerprint density at radius 2 is 2.08 bits per heavy atom. The fraction of sp³-hybridized carbons (Fsp3) is 0.300. The Kier molecular flexibility index (Phi) is 5.53. The van der Waals surface area contributed by atoms with Crippen molar-refractivity contribution < 1.29 is 9.53 Å². The first-order valence-electron chi connectivity index (χ1n) is 8.72. The summed E-state index contributed by atoms with van der Waals surface area (Å²) in [6, 6.07) is 13.2. The third kappa shape index (κ3) is 4.03. The van der Waals surface area contributed by atoms with Gasteiger partial charge in [-0.25, -0.2) is 4.79 Å². The number of hydrogen-bond acceptors (Lipinski definition) is 3. The van der Waals surface area contributed by atoms with Crippen LogP contribution in [-0.2, 0) is 17.8 Å². The summed E-state index contributed by atoms with van der Waals surface area (Å²) >= 11 is 0. The van der Waals surface area contributed by atoms with Crippen molar-refractivity contribution in [2.75, 3.05) is 13.2 Å². The lowest BCUT2D eigenvalue weighted by Crippen LogP contribution is -2.22. The van der Waals surface area contributed by atoms with Crippen LogP contribution < -0.4 is 11.0 Å². The molecule has 26 heavy (non-hydrogen) atoms. The number of amides is 1. The zero-order valence-corrected chi connectivity index (χ0v) is 15.0. The Bertz CT molecular complexity index is 972. The second-order valence-electron chi connectivity index (χ2n) is 6.18. The maximum Gasteiger partial charge on any atom is 0.326 e. The van der Waals surface area contributed by atoms with Crippen LogP contribution in [0.2, 0.25) is 0 Å². The lowest BCUT2D eigenvalue weighted by Gasteiger charge is -2.07. The van der Waals surface area contributed by atoms with Crippen LogP contribution in [0.15, 0.2) is 47.3 Å². The Morgan fingerprint density at radius 3 is 2.85 bits per heavy atom. The van der Waals surface area contributed by atoms with Crippen LogP contribution >= 0.6 is 0 Å². The van der Waals surface area contributed by atoms with E-state index in [0.717, 1.165) is 16.6 Å². The summed E-state index contributed by atoms with van der Waals surface area (Å²) in [5.41, 5.74) is 3.94. The van der Waals surface area contributed by atoms with Crippen molar-refractivity contribution in [1.82, 2.24) is 14.9 Å². The zero-order valence-electron chi connectivity index (χ0n) is 15.0. The van der Waals surface area contributed by atoms with Crippen LogP contribution in [0.1, 0.15) is 28.4 Å². The predicted octanol–water partition coefficient (Wildman–Crippen LogP) is 2.60. The fourth-order valence-corrected chi connectivity index (χ4v) is 2.93. The molecule has 0 spiro atoms. The van der Waals surface area contributed by atoms with Crippen LogP contribution in [0.4, 0.5) is 0 Å². The normalized spacial score (nSPS) is 11.0. The number of nitrogens with one attached hydrogen (secondary N) is 2. The number of aromatic nitrogens is 2. The van der Waals surface area contributed by atoms with Crippen LogP contribution in [0.5, 0.6) is 0 Å². The molecule has 2 aromatic carbocycles. The van der Waals surface area contributed by atoms with Crippen molar-refractivity contribution in [3.8, 4) is 0 Å². The minimum atomic E-state index is -0.197. The summed E-state index contributed by atoms with van der Waals surface area (Å²) in [5, 5.41) is 2.91. The van der Waals surface area contributed by atoms with Crippen molar-refractivity contribution in [1.29, 1.82) is 0 Å². The van der Waals surface area contributed by atoms with Crippen LogP contribution in [-0.4, -0.2) is 28.7 Å². The molecule has 0 aliphatic rings. The summed E-state index contributed by atoms with van der Waals surface area (Å²) < 4.78 is 6.94. The van der Waals surface area contributed by atoms with E-state index in [1.165, 1.54) is 0 Å². The second-order valence-corrected chi connectivity index (χ2v) is 6.18. The van der Waals surface area contributed by atoms with Gasteiger partial charge in [0.25, 0.3) is 5.91 Å². The van der Waals surface area contributed by atoms with Gasteiger partial charge in [0.15, 0.2) is 0 Å². The number of ether oxygens (including phenoxy) is 1. The lowest BCUT2D eigenvalue weighted by molar-refractivity contribution is 0.0951. The molecule has 0 fully saturated rings. The summed E-state index contributed by atoms with van der Waals surface area (Å²) in [5.74, 6) is -0.170. The van der Waals surface area contributed by atoms with Crippen LogP contribution in [0.25, 0.3) is 11.0 Å². The van der Waals surface area contributed by atoms with E-state index in [1.807, 2.05) is 38.1 Å². The molecule has 1 heterocycles. The number of benzene rings is 2. The number of rotatable bonds is 7. The molecule has 136 valence electrons. The van der Waals surface area contributed by atoms with Gasteiger partial charge in [-0.2, -0.15) is 0 Å². The molecule has 0 radical (unpaired) electrons. The molecule has 0 bridgehead atoms. The topological polar surface area (TPSA) is 76.1 Å². The van der Waals surface area contributed by atoms with Gasteiger partial charge in [-0.1, -0.05) is 29.8 Å². The van der Waals surface area contributed by atoms with Crippen molar-refractivity contribution in [3.63, 3.8) is 0 Å². The number of fused-ring (bicyclic) bond motifs is 1. The highest BCUT2D eigenvalue weighted by molar-refractivity contribution is 5.97. The highest BCUT2D eigenvalue weighted by Crippen LogP contribution is 2.13. The molecule has 3 aromatic rings. The average molecular weight is 353 g/mol. The van der Waals surface area contributed by atoms with E-state index >= 15 is 0 Å². The van der Waals surface area contributed by atoms with Gasteiger partial charge in [0.2, 0.25) is 0 Å². The summed E-state index contributed by atoms with van der Waals surface area (Å²) in [4.78, 5) is 27.3. The third-order valence-electron chi connectivity index (χ3n) is 4.24. The van der Waals surface area contributed by atoms with Crippen molar-refractivity contribution >= 4 is 16.9 Å². The van der Waals surface area contributed by atoms with Gasteiger partial charge in [0.1, 0.15) is 0 Å². The molecular weight excluding hydrogens is 330 g/mol. The standard InChI is InChI=1S/C20H23N3O3/c1-3-26-10-9-23-18-8-7-16(12-17(18)22-20(23)25)19(24)21-13-15-6-4-5-14(2)11-15/h4-8,11-12H,3,9-10,13H2,1-2H3,(H,21,24)(H,22,25). The van der Waals surface area contributed by atoms with E-state index < -0.39 is 0 Å². The van der Waals surface area contributed by atoms with E-state index in [2.05, 4.69) is 10.3 Å². The molecule has 0 unspecified atom stereocenters. The smallest absolute Gasteiger partial charge is 0.326 e. The molecule has 1 aromatic heterocycles. The first kappa shape index (κ1) is 17.9. The molecule has 0 atom stereocenters. The van der Waals surface area contributed by atoms with E-state index in [0.29, 0.717) is 37.4 Å². The van der Waals surface area contributed by atoms with Gasteiger partial charge in [-0.3, -0.25) is 9.36 Å². The molecular formula is C20H23N3O3. The quantitative estimate of drug-likeness (QED) is 0.641. The highest BCUT2D eigenvalue weighted by Gasteiger charge is 2.11. The molecule has 1 amide bonds. The zero-order chi connectivity index (χ0) is 18.5. The molecule has 6 nitrogen and oxygen atoms in total. The summed E-state index contributed by atoms with van der Waals surface area (Å²) in [7, 11) is 0. The summed E-state index contributed by atoms with van der Waals surface area (Å²) in [6.07, 6.45) is 0. The van der Waals surface area contributed by atoms with Crippen molar-refractivity contribution in [2.45, 2.75) is 26.9 Å². The van der Waals surface area contributed by atoms with Gasteiger partial charge >= 0.3 is 5.69 Å². The van der Waals surface area contributed by atoms with Gasteiger partial charge in [0.05, 0.1) is 24.2 Å². The number of imidazole rings is 1. The average Bonchev–Trinajstić information content (AvgIpc) is 2.94. The molecule has 2 N–H and O–H groups in total. The van der Waals surface area contributed by atoms with E-state index in [1.54, 1.807) is 22.8 Å². The van der Waals surface area contributed by atoms with Crippen molar-refractivity contribution in [2.24, 2.45) is 0 Å². The lowest BCUT2D eigenvalue weighted by atomic mass is 10.1. The first-order chi connectivity index (χ1) is 12.6. The number of aryl methyl sites for hydroxylation is 1. The van der Waals surface area contributed by atoms with Crippen molar-refractivity contribution in [3.05, 3.63) is 69.6 Å². The van der Waals surface area contributed by atoms with Gasteiger partial charge < -0.3 is 15.0 Å². The Hall–Kier alpha value is -2.86. The maximum atomic E-state index is 12.4. The van der Waals surface area contributed by atoms with Crippen LogP contribution in [0, 0.1) is 6.92 Å². The van der Waals surface area contributed by atoms with E-state index in [-0.39, 0.29) is 11.6 Å². The van der Waals surface area contributed by atoms with E-state index in [9.17, 15) is 9.59 Å². The Morgan fingerprint density at radius 1 is 1.23 bits per heavy atom. The predicted molar refractivity (Wildman–Crippen MR) is 101 cm³/mol. The minimum absolute atomic E-state index is 0.170. The molecule has 0 saturated carbocycles. The summed E-state index contributed by atoms with van der Waals surface area (Å²) in [6.45, 7) is 5.96. The number of nitrogens with zero attached hydrogens (tertiary/aromatic N) is 1. The van der Waals surface area contributed by atoms with Gasteiger partial charge in [0, 0.05) is 18.7 Å². The third-order valence-corrected chi connectivity index (χ3v) is 4.24. The second kappa shape index (κ2) is 8.01. The van der Waals surface area contributed by atoms with Gasteiger partial charge in [-0.15, -0.1) is 0 Å². The highest BCUT2D eigenvalue weighted by atomic mass is 16.5. The Balaban J connectivity index is 1.74. The molecule has 0 aliphatic heterocycles. The number of aromatic amines is 1. The monoisotopic (exact) mass is 353 g/mol. The fourth-order valence-electron chi connectivity index (χ4n) is 2.93. The maximum absolute atomic E-state index is 12.4. The minimum Gasteiger partial charge on any atom is -0.380 e. The SMILES string of the molecule is CCOCCn1c(=O)[nH]c2cc(C(=O)NCc3cccc(C)c3)ccc21. The number of H-pyrrole nitrogens is 1. The molecule has 3 rings (SSSR count). The van der Waals surface area contributed by atoms with E-state index in [4.69, 9.17) is 4.74 Å². The number of hydrogen-bond donors (Lipinski definition) is 2. The Labute approximate surface area is 151 Å². The number of carbonyl (C=O) groups excluding carboxylic acids is 1. The molecule has 0 aliphatic carbocycles. The first-order valence-corrected chi connectivity index (χ1v) is 8.72. The number of carbonyl (C=O) groups is 1.